The predicted octanol–water partition coefficient (Wildman–Crippen LogP) is 5.73. The third kappa shape index (κ3) is 3.40. The second kappa shape index (κ2) is 8.08. The van der Waals surface area contributed by atoms with Crippen LogP contribution in [-0.4, -0.2) is 29.5 Å². The van der Waals surface area contributed by atoms with Crippen molar-refractivity contribution in [1.29, 1.82) is 0 Å². The van der Waals surface area contributed by atoms with Gasteiger partial charge in [0.25, 0.3) is 0 Å². The van der Waals surface area contributed by atoms with E-state index in [1.807, 2.05) is 22.9 Å². The summed E-state index contributed by atoms with van der Waals surface area (Å²) in [5, 5.41) is 8.71. The Morgan fingerprint density at radius 3 is 2.34 bits per heavy atom. The van der Waals surface area contributed by atoms with Gasteiger partial charge in [-0.1, -0.05) is 54.6 Å². The topological polar surface area (TPSA) is 48.3 Å². The number of fused-ring (bicyclic) bond motifs is 2. The molecule has 0 atom stereocenters. The normalized spacial score (nSPS) is 14.9. The van der Waals surface area contributed by atoms with Crippen LogP contribution in [0.25, 0.3) is 28.1 Å². The van der Waals surface area contributed by atoms with Crippen molar-refractivity contribution in [3.8, 4) is 39.6 Å². The van der Waals surface area contributed by atoms with Gasteiger partial charge in [0.05, 0.1) is 11.4 Å². The number of nitrogens with zero attached hydrogens (tertiary/aromatic N) is 2. The average Bonchev–Trinajstić information content (AvgIpc) is 3.05. The van der Waals surface area contributed by atoms with E-state index in [1.165, 1.54) is 16.7 Å². The third-order valence-electron chi connectivity index (χ3n) is 6.17. The van der Waals surface area contributed by atoms with Crippen molar-refractivity contribution in [1.82, 2.24) is 9.78 Å². The van der Waals surface area contributed by atoms with Crippen LogP contribution in [0.2, 0.25) is 0 Å². The lowest BCUT2D eigenvalue weighted by molar-refractivity contribution is 0.171. The minimum atomic E-state index is 0.574. The summed E-state index contributed by atoms with van der Waals surface area (Å²) in [4.78, 5) is 0. The largest absolute Gasteiger partial charge is 0.486 e. The Bertz CT molecular complexity index is 1250. The second-order valence-corrected chi connectivity index (χ2v) is 8.24. The zero-order valence-corrected chi connectivity index (χ0v) is 17.9. The maximum absolute atomic E-state index is 5.81. The summed E-state index contributed by atoms with van der Waals surface area (Å²) in [5.74, 6) is 2.66. The molecule has 32 heavy (non-hydrogen) atoms. The van der Waals surface area contributed by atoms with Crippen molar-refractivity contribution in [3.05, 3.63) is 78.4 Å². The molecule has 4 aromatic rings. The summed E-state index contributed by atoms with van der Waals surface area (Å²) in [6, 6.07) is 25.3. The molecule has 0 unspecified atom stereocenters. The highest BCUT2D eigenvalue weighted by Gasteiger charge is 2.23. The smallest absolute Gasteiger partial charge is 0.163 e. The summed E-state index contributed by atoms with van der Waals surface area (Å²) < 4.78 is 13.5. The Labute approximate surface area is 187 Å². The van der Waals surface area contributed by atoms with Gasteiger partial charge in [0.15, 0.2) is 11.5 Å². The molecule has 0 fully saturated rings. The van der Waals surface area contributed by atoms with Gasteiger partial charge in [-0.2, -0.15) is 5.10 Å². The van der Waals surface area contributed by atoms with Crippen LogP contribution < -0.4 is 14.8 Å². The van der Waals surface area contributed by atoms with Crippen LogP contribution in [0.4, 0.5) is 5.82 Å². The van der Waals surface area contributed by atoms with Gasteiger partial charge in [0.1, 0.15) is 19.0 Å². The van der Waals surface area contributed by atoms with Gasteiger partial charge < -0.3 is 14.8 Å². The molecule has 6 rings (SSSR count). The fourth-order valence-corrected chi connectivity index (χ4v) is 4.54. The number of ether oxygens (including phenoxy) is 2. The number of hydrogen-bond acceptors (Lipinski definition) is 4. The molecule has 1 N–H and O–H groups in total. The van der Waals surface area contributed by atoms with Crippen molar-refractivity contribution >= 4 is 5.82 Å². The van der Waals surface area contributed by atoms with E-state index < -0.39 is 0 Å². The fraction of sp³-hybridized carbons (Fsp3) is 0.222. The predicted molar refractivity (Wildman–Crippen MR) is 127 cm³/mol. The first-order chi connectivity index (χ1) is 15.9. The van der Waals surface area contributed by atoms with Crippen LogP contribution in [0.5, 0.6) is 11.5 Å². The fourth-order valence-electron chi connectivity index (χ4n) is 4.54. The molecule has 2 aliphatic rings. The molecule has 0 bridgehead atoms. The molecule has 160 valence electrons. The number of aromatic nitrogens is 2. The first kappa shape index (κ1) is 19.0. The minimum absolute atomic E-state index is 0.574. The molecule has 0 radical (unpaired) electrons. The van der Waals surface area contributed by atoms with Gasteiger partial charge in [-0.05, 0) is 42.5 Å². The summed E-state index contributed by atoms with van der Waals surface area (Å²) in [5.41, 5.74) is 6.88. The lowest BCUT2D eigenvalue weighted by Crippen LogP contribution is -2.15. The van der Waals surface area contributed by atoms with E-state index in [4.69, 9.17) is 14.6 Å². The highest BCUT2D eigenvalue weighted by atomic mass is 16.6. The first-order valence-electron chi connectivity index (χ1n) is 11.3. The molecule has 0 amide bonds. The van der Waals surface area contributed by atoms with E-state index in [9.17, 15) is 0 Å². The van der Waals surface area contributed by atoms with Crippen molar-refractivity contribution in [2.24, 2.45) is 0 Å². The van der Waals surface area contributed by atoms with E-state index in [1.54, 1.807) is 0 Å². The monoisotopic (exact) mass is 423 g/mol. The number of rotatable bonds is 3. The third-order valence-corrected chi connectivity index (χ3v) is 6.17. The maximum atomic E-state index is 5.81. The second-order valence-electron chi connectivity index (χ2n) is 8.24. The van der Waals surface area contributed by atoms with E-state index in [0.29, 0.717) is 13.2 Å². The summed E-state index contributed by atoms with van der Waals surface area (Å²) in [7, 11) is 0. The standard InChI is InChI=1S/C27H25N3O2/c1-2-6-19(7-3-1)20-9-11-21(12-10-20)26-23-8-4-5-15-28-27(23)30(29-26)22-13-14-24-25(18-22)32-17-16-31-24/h1-3,6-7,9-14,18,28H,4-5,8,15-17H2. The summed E-state index contributed by atoms with van der Waals surface area (Å²) in [6.45, 7) is 2.12. The Hall–Kier alpha value is -3.73. The highest BCUT2D eigenvalue weighted by Crippen LogP contribution is 2.37. The Kier molecular flexibility index (Phi) is 4.79. The number of hydrogen-bond donors (Lipinski definition) is 1. The molecule has 1 aromatic heterocycles. The van der Waals surface area contributed by atoms with Crippen molar-refractivity contribution in [2.45, 2.75) is 19.3 Å². The van der Waals surface area contributed by atoms with Crippen LogP contribution in [0, 0.1) is 0 Å². The van der Waals surface area contributed by atoms with Crippen molar-refractivity contribution in [2.75, 3.05) is 25.1 Å². The minimum Gasteiger partial charge on any atom is -0.486 e. The molecule has 0 saturated heterocycles. The zero-order valence-electron chi connectivity index (χ0n) is 17.9. The Balaban J connectivity index is 1.43. The zero-order chi connectivity index (χ0) is 21.3. The molecule has 0 aliphatic carbocycles. The SMILES string of the molecule is c1ccc(-c2ccc(-c3nn(-c4ccc5c(c4)OCCO5)c4c3CCCCN4)cc2)cc1. The quantitative estimate of drug-likeness (QED) is 0.457. The first-order valence-corrected chi connectivity index (χ1v) is 11.3. The van der Waals surface area contributed by atoms with Gasteiger partial charge in [-0.3, -0.25) is 0 Å². The van der Waals surface area contributed by atoms with Crippen LogP contribution in [0.15, 0.2) is 72.8 Å². The van der Waals surface area contributed by atoms with Crippen LogP contribution in [0.3, 0.4) is 0 Å². The molecular weight excluding hydrogens is 398 g/mol. The Morgan fingerprint density at radius 1 is 0.750 bits per heavy atom. The molecule has 3 aromatic carbocycles. The van der Waals surface area contributed by atoms with Gasteiger partial charge in [0.2, 0.25) is 0 Å². The van der Waals surface area contributed by atoms with Gasteiger partial charge in [0, 0.05) is 23.7 Å². The molecular formula is C27H25N3O2. The van der Waals surface area contributed by atoms with Gasteiger partial charge in [-0.15, -0.1) is 0 Å². The lowest BCUT2D eigenvalue weighted by atomic mass is 10.00. The molecule has 2 aliphatic heterocycles. The van der Waals surface area contributed by atoms with Crippen LogP contribution in [0.1, 0.15) is 18.4 Å². The van der Waals surface area contributed by atoms with Gasteiger partial charge in [-0.25, -0.2) is 4.68 Å². The molecule has 5 nitrogen and oxygen atoms in total. The Morgan fingerprint density at radius 2 is 1.50 bits per heavy atom. The average molecular weight is 424 g/mol. The summed E-state index contributed by atoms with van der Waals surface area (Å²) >= 11 is 0. The number of benzene rings is 3. The molecule has 3 heterocycles. The summed E-state index contributed by atoms with van der Waals surface area (Å²) in [6.07, 6.45) is 3.33. The van der Waals surface area contributed by atoms with Crippen molar-refractivity contribution in [3.63, 3.8) is 0 Å². The molecule has 0 spiro atoms. The lowest BCUT2D eigenvalue weighted by Gasteiger charge is -2.19. The van der Waals surface area contributed by atoms with Crippen LogP contribution >= 0.6 is 0 Å². The van der Waals surface area contributed by atoms with E-state index in [0.717, 1.165) is 60.1 Å². The maximum Gasteiger partial charge on any atom is 0.163 e. The molecule has 0 saturated carbocycles. The van der Waals surface area contributed by atoms with E-state index in [-0.39, 0.29) is 0 Å². The highest BCUT2D eigenvalue weighted by molar-refractivity contribution is 5.74. The van der Waals surface area contributed by atoms with Crippen LogP contribution in [-0.2, 0) is 6.42 Å². The van der Waals surface area contributed by atoms with E-state index in [2.05, 4.69) is 59.9 Å². The number of anilines is 1. The van der Waals surface area contributed by atoms with Crippen molar-refractivity contribution < 1.29 is 9.47 Å². The van der Waals surface area contributed by atoms with E-state index >= 15 is 0 Å². The van der Waals surface area contributed by atoms with Gasteiger partial charge >= 0.3 is 0 Å². The number of nitrogens with one attached hydrogen (secondary N) is 1. The molecule has 5 heteroatoms.